The second-order valence-corrected chi connectivity index (χ2v) is 7.72. The summed E-state index contributed by atoms with van der Waals surface area (Å²) in [6.45, 7) is 7.94. The lowest BCUT2D eigenvalue weighted by molar-refractivity contribution is 0.265. The van der Waals surface area contributed by atoms with Gasteiger partial charge in [-0.15, -0.1) is 0 Å². The number of hydrogen-bond donors (Lipinski definition) is 0. The highest BCUT2D eigenvalue weighted by Gasteiger charge is 2.11. The summed E-state index contributed by atoms with van der Waals surface area (Å²) >= 11 is 0. The van der Waals surface area contributed by atoms with E-state index in [-0.39, 0.29) is 0 Å². The van der Waals surface area contributed by atoms with Crippen LogP contribution in [0.15, 0.2) is 30.5 Å². The number of nitrogens with zero attached hydrogens (tertiary/aromatic N) is 2. The molecule has 1 aliphatic rings. The van der Waals surface area contributed by atoms with Crippen LogP contribution in [0.5, 0.6) is 5.75 Å². The van der Waals surface area contributed by atoms with E-state index in [1.54, 1.807) is 0 Å². The van der Waals surface area contributed by atoms with E-state index in [1.807, 2.05) is 0 Å². The fourth-order valence-electron chi connectivity index (χ4n) is 4.06. The Morgan fingerprint density at radius 1 is 0.885 bits per heavy atom. The molecular weight excluding hydrogens is 320 g/mol. The second kappa shape index (κ2) is 10.6. The van der Waals surface area contributed by atoms with Crippen molar-refractivity contribution < 1.29 is 4.74 Å². The Hall–Kier alpha value is -1.48. The van der Waals surface area contributed by atoms with Gasteiger partial charge in [0.1, 0.15) is 5.75 Å². The fourth-order valence-corrected chi connectivity index (χ4v) is 4.06. The average Bonchev–Trinajstić information content (AvgIpc) is 3.32. The van der Waals surface area contributed by atoms with Crippen molar-refractivity contribution in [3.8, 4) is 5.75 Å². The minimum Gasteiger partial charge on any atom is -0.493 e. The lowest BCUT2D eigenvalue weighted by Crippen LogP contribution is -2.21. The Kier molecular flexibility index (Phi) is 7.87. The molecule has 3 nitrogen and oxygen atoms in total. The van der Waals surface area contributed by atoms with Crippen molar-refractivity contribution in [2.75, 3.05) is 26.2 Å². The van der Waals surface area contributed by atoms with Crippen LogP contribution in [0.1, 0.15) is 64.7 Å². The molecule has 0 bridgehead atoms. The zero-order chi connectivity index (χ0) is 18.0. The van der Waals surface area contributed by atoms with Crippen LogP contribution in [0.25, 0.3) is 10.9 Å². The van der Waals surface area contributed by atoms with Crippen molar-refractivity contribution in [3.63, 3.8) is 0 Å². The van der Waals surface area contributed by atoms with Crippen molar-refractivity contribution in [2.45, 2.75) is 71.3 Å². The van der Waals surface area contributed by atoms with E-state index in [0.29, 0.717) is 0 Å². The molecule has 0 atom stereocenters. The quantitative estimate of drug-likeness (QED) is 0.443. The molecule has 0 spiro atoms. The molecule has 2 heterocycles. The lowest BCUT2D eigenvalue weighted by atomic mass is 10.1. The monoisotopic (exact) mass is 356 g/mol. The molecule has 1 aromatic heterocycles. The molecular formula is C23H36N2O. The third-order valence-electron chi connectivity index (χ3n) is 5.60. The van der Waals surface area contributed by atoms with Crippen molar-refractivity contribution >= 4 is 10.9 Å². The topological polar surface area (TPSA) is 17.4 Å². The third kappa shape index (κ3) is 5.51. The van der Waals surface area contributed by atoms with E-state index >= 15 is 0 Å². The smallest absolute Gasteiger partial charge is 0.128 e. The first-order chi connectivity index (χ1) is 12.9. The van der Waals surface area contributed by atoms with Crippen molar-refractivity contribution in [3.05, 3.63) is 30.5 Å². The largest absolute Gasteiger partial charge is 0.493 e. The first-order valence-corrected chi connectivity index (χ1v) is 10.8. The Balaban J connectivity index is 1.46. The van der Waals surface area contributed by atoms with E-state index in [1.165, 1.54) is 81.9 Å². The first kappa shape index (κ1) is 19.3. The van der Waals surface area contributed by atoms with Gasteiger partial charge in [0.15, 0.2) is 0 Å². The van der Waals surface area contributed by atoms with Gasteiger partial charge in [-0.1, -0.05) is 45.1 Å². The molecule has 1 aliphatic heterocycles. The molecule has 0 amide bonds. The molecule has 0 aliphatic carbocycles. The minimum atomic E-state index is 0.818. The fraction of sp³-hybridized carbons (Fsp3) is 0.652. The molecule has 0 radical (unpaired) electrons. The number of benzene rings is 1. The lowest BCUT2D eigenvalue weighted by Gasteiger charge is -2.14. The zero-order valence-electron chi connectivity index (χ0n) is 16.6. The Morgan fingerprint density at radius 3 is 2.54 bits per heavy atom. The number of aromatic nitrogens is 1. The maximum atomic E-state index is 6.12. The van der Waals surface area contributed by atoms with Crippen LogP contribution in [-0.2, 0) is 6.54 Å². The van der Waals surface area contributed by atoms with Crippen LogP contribution in [0, 0.1) is 0 Å². The molecule has 144 valence electrons. The van der Waals surface area contributed by atoms with Gasteiger partial charge >= 0.3 is 0 Å². The maximum Gasteiger partial charge on any atom is 0.128 e. The zero-order valence-corrected chi connectivity index (χ0v) is 16.6. The van der Waals surface area contributed by atoms with Gasteiger partial charge < -0.3 is 14.2 Å². The molecule has 3 rings (SSSR count). The number of hydrogen-bond acceptors (Lipinski definition) is 2. The predicted octanol–water partition coefficient (Wildman–Crippen LogP) is 5.87. The molecule has 26 heavy (non-hydrogen) atoms. The molecule has 0 saturated carbocycles. The van der Waals surface area contributed by atoms with Crippen LogP contribution >= 0.6 is 0 Å². The van der Waals surface area contributed by atoms with Gasteiger partial charge in [0.05, 0.1) is 12.1 Å². The van der Waals surface area contributed by atoms with Crippen LogP contribution in [-0.4, -0.2) is 35.7 Å². The predicted molar refractivity (Wildman–Crippen MR) is 111 cm³/mol. The van der Waals surface area contributed by atoms with E-state index in [4.69, 9.17) is 4.74 Å². The standard InChI is InChI=1S/C23H36N2O/c1-2-3-4-5-6-7-18-25-19-14-21-22(25)12-10-13-23(21)26-20-11-17-24-15-8-9-16-24/h10,12-14,19H,2-9,11,15-18,20H2,1H3. The summed E-state index contributed by atoms with van der Waals surface area (Å²) in [5.74, 6) is 1.05. The first-order valence-electron chi connectivity index (χ1n) is 10.8. The van der Waals surface area contributed by atoms with Crippen LogP contribution in [0.3, 0.4) is 0 Å². The number of likely N-dealkylation sites (tertiary alicyclic amines) is 1. The second-order valence-electron chi connectivity index (χ2n) is 7.72. The van der Waals surface area contributed by atoms with Crippen LogP contribution in [0.4, 0.5) is 0 Å². The SMILES string of the molecule is CCCCCCCCn1ccc2c(OCCCN3CCCC3)cccc21. The van der Waals surface area contributed by atoms with Crippen LogP contribution in [0.2, 0.25) is 0 Å². The van der Waals surface area contributed by atoms with E-state index < -0.39 is 0 Å². The number of rotatable bonds is 12. The molecule has 0 N–H and O–H groups in total. The summed E-state index contributed by atoms with van der Waals surface area (Å²) in [6, 6.07) is 8.70. The third-order valence-corrected chi connectivity index (χ3v) is 5.60. The van der Waals surface area contributed by atoms with E-state index in [0.717, 1.165) is 25.3 Å². The summed E-state index contributed by atoms with van der Waals surface area (Å²) in [4.78, 5) is 2.56. The summed E-state index contributed by atoms with van der Waals surface area (Å²) < 4.78 is 8.52. The molecule has 1 aromatic carbocycles. The number of fused-ring (bicyclic) bond motifs is 1. The summed E-state index contributed by atoms with van der Waals surface area (Å²) in [6.07, 6.45) is 14.2. The van der Waals surface area contributed by atoms with Crippen molar-refractivity contribution in [2.24, 2.45) is 0 Å². The Labute approximate surface area is 159 Å². The van der Waals surface area contributed by atoms with Gasteiger partial charge in [0, 0.05) is 24.7 Å². The van der Waals surface area contributed by atoms with E-state index in [2.05, 4.69) is 46.9 Å². The highest BCUT2D eigenvalue weighted by Crippen LogP contribution is 2.27. The summed E-state index contributed by atoms with van der Waals surface area (Å²) in [5, 5.41) is 1.26. The number of ether oxygens (including phenoxy) is 1. The normalized spacial score (nSPS) is 15.1. The number of aryl methyl sites for hydroxylation is 1. The van der Waals surface area contributed by atoms with Gasteiger partial charge in [-0.05, 0) is 57.0 Å². The van der Waals surface area contributed by atoms with Crippen molar-refractivity contribution in [1.29, 1.82) is 0 Å². The average molecular weight is 357 g/mol. The van der Waals surface area contributed by atoms with Gasteiger partial charge in [0.2, 0.25) is 0 Å². The maximum absolute atomic E-state index is 6.12. The van der Waals surface area contributed by atoms with Gasteiger partial charge in [-0.2, -0.15) is 0 Å². The summed E-state index contributed by atoms with van der Waals surface area (Å²) in [5.41, 5.74) is 1.32. The molecule has 1 fully saturated rings. The number of unbranched alkanes of at least 4 members (excludes halogenated alkanes) is 5. The van der Waals surface area contributed by atoms with Crippen molar-refractivity contribution in [1.82, 2.24) is 9.47 Å². The molecule has 1 saturated heterocycles. The molecule has 3 heteroatoms. The summed E-state index contributed by atoms with van der Waals surface area (Å²) in [7, 11) is 0. The molecule has 0 unspecified atom stereocenters. The van der Waals surface area contributed by atoms with Gasteiger partial charge in [-0.3, -0.25) is 0 Å². The van der Waals surface area contributed by atoms with Gasteiger partial charge in [-0.25, -0.2) is 0 Å². The Bertz CT molecular complexity index is 643. The van der Waals surface area contributed by atoms with Gasteiger partial charge in [0.25, 0.3) is 0 Å². The van der Waals surface area contributed by atoms with Crippen LogP contribution < -0.4 is 4.74 Å². The molecule has 2 aromatic rings. The highest BCUT2D eigenvalue weighted by molar-refractivity contribution is 5.86. The minimum absolute atomic E-state index is 0.818. The van der Waals surface area contributed by atoms with E-state index in [9.17, 15) is 0 Å². The highest BCUT2D eigenvalue weighted by atomic mass is 16.5. The Morgan fingerprint density at radius 2 is 1.69 bits per heavy atom.